The summed E-state index contributed by atoms with van der Waals surface area (Å²) in [6.45, 7) is 7.09. The van der Waals surface area contributed by atoms with Crippen molar-refractivity contribution in [2.45, 2.75) is 26.3 Å². The molecular weight excluding hydrogens is 477 g/mol. The second-order valence-corrected chi connectivity index (χ2v) is 10.2. The van der Waals surface area contributed by atoms with Crippen LogP contribution in [0.25, 0.3) is 0 Å². The molecule has 7 heteroatoms. The Morgan fingerprint density at radius 2 is 1.76 bits per heavy atom. The van der Waals surface area contributed by atoms with Crippen molar-refractivity contribution in [3.63, 3.8) is 0 Å². The molecule has 0 saturated carbocycles. The zero-order chi connectivity index (χ0) is 26.5. The molecule has 0 radical (unpaired) electrons. The molecule has 0 spiro atoms. The summed E-state index contributed by atoms with van der Waals surface area (Å²) in [4.78, 5) is 17.5. The lowest BCUT2D eigenvalue weighted by atomic mass is 9.88. The molecule has 37 heavy (non-hydrogen) atoms. The van der Waals surface area contributed by atoms with Gasteiger partial charge >= 0.3 is 0 Å². The number of hydrogen-bond donors (Lipinski definition) is 0. The third-order valence-corrected chi connectivity index (χ3v) is 6.85. The highest BCUT2D eigenvalue weighted by Crippen LogP contribution is 2.36. The maximum atomic E-state index is 13.8. The molecule has 1 amide bonds. The Balaban J connectivity index is 1.60. The van der Waals surface area contributed by atoms with Gasteiger partial charge in [0.1, 0.15) is 11.6 Å². The van der Waals surface area contributed by atoms with Crippen LogP contribution in [0.1, 0.15) is 41.3 Å². The van der Waals surface area contributed by atoms with Crippen molar-refractivity contribution in [3.05, 3.63) is 101 Å². The molecule has 4 nitrogen and oxygen atoms in total. The van der Waals surface area contributed by atoms with Gasteiger partial charge < -0.3 is 9.64 Å². The summed E-state index contributed by atoms with van der Waals surface area (Å²) in [5, 5.41) is 0. The van der Waals surface area contributed by atoms with E-state index in [-0.39, 0.29) is 29.5 Å². The van der Waals surface area contributed by atoms with E-state index in [1.807, 2.05) is 23.1 Å². The molecule has 1 aliphatic heterocycles. The van der Waals surface area contributed by atoms with Gasteiger partial charge in [-0.15, -0.1) is 0 Å². The van der Waals surface area contributed by atoms with E-state index >= 15 is 0 Å². The molecule has 3 aromatic rings. The molecule has 0 unspecified atom stereocenters. The minimum Gasteiger partial charge on any atom is -0.497 e. The highest BCUT2D eigenvalue weighted by Gasteiger charge is 2.36. The first-order valence-corrected chi connectivity index (χ1v) is 12.6. The van der Waals surface area contributed by atoms with Crippen molar-refractivity contribution < 1.29 is 22.7 Å². The molecule has 1 fully saturated rings. The molecular formula is C30H33F3N2O2. The van der Waals surface area contributed by atoms with Crippen molar-refractivity contribution >= 4 is 5.91 Å². The fraction of sp³-hybridized carbons (Fsp3) is 0.367. The monoisotopic (exact) mass is 510 g/mol. The third kappa shape index (κ3) is 6.72. The molecule has 0 N–H and O–H groups in total. The number of hydrogen-bond acceptors (Lipinski definition) is 3. The first-order valence-electron chi connectivity index (χ1n) is 12.6. The number of methoxy groups -OCH3 is 1. The van der Waals surface area contributed by atoms with Gasteiger partial charge in [0.05, 0.1) is 7.11 Å². The number of nitrogens with zero attached hydrogens (tertiary/aromatic N) is 2. The zero-order valence-electron chi connectivity index (χ0n) is 21.5. The second-order valence-electron chi connectivity index (χ2n) is 10.2. The van der Waals surface area contributed by atoms with Crippen molar-refractivity contribution in [2.24, 2.45) is 11.8 Å². The van der Waals surface area contributed by atoms with E-state index in [1.165, 1.54) is 30.3 Å². The summed E-state index contributed by atoms with van der Waals surface area (Å²) < 4.78 is 46.2. The van der Waals surface area contributed by atoms with Crippen molar-refractivity contribution in [1.29, 1.82) is 0 Å². The maximum absolute atomic E-state index is 13.8. The lowest BCUT2D eigenvalue weighted by Crippen LogP contribution is -2.39. The average molecular weight is 511 g/mol. The number of carbonyl (C=O) groups excluding carboxylic acids is 1. The summed E-state index contributed by atoms with van der Waals surface area (Å²) >= 11 is 0. The summed E-state index contributed by atoms with van der Waals surface area (Å²) in [6, 6.07) is 17.6. The van der Waals surface area contributed by atoms with Crippen LogP contribution in [0.5, 0.6) is 5.75 Å². The summed E-state index contributed by atoms with van der Waals surface area (Å²) in [6.07, 6.45) is 0. The molecule has 1 heterocycles. The van der Waals surface area contributed by atoms with Gasteiger partial charge in [0.2, 0.25) is 0 Å². The average Bonchev–Trinajstić information content (AvgIpc) is 3.27. The van der Waals surface area contributed by atoms with Gasteiger partial charge in [0.15, 0.2) is 11.6 Å². The highest BCUT2D eigenvalue weighted by molar-refractivity contribution is 5.94. The minimum atomic E-state index is -0.860. The normalized spacial score (nSPS) is 17.8. The number of carbonyl (C=O) groups is 1. The van der Waals surface area contributed by atoms with Gasteiger partial charge in [0, 0.05) is 44.2 Å². The fourth-order valence-corrected chi connectivity index (χ4v) is 5.16. The van der Waals surface area contributed by atoms with Gasteiger partial charge in [-0.1, -0.05) is 32.0 Å². The number of ether oxygens (including phenoxy) is 1. The standard InChI is InChI=1S/C30H33F3N2O2/c1-20(2)15-35(30(36)22-8-10-25(31)11-9-22)18-24-17-34(16-21-7-12-28(32)29(33)13-21)19-27(24)23-5-4-6-26(14-23)37-3/h4-14,20,24,27H,15-19H2,1-3H3/t24-,27-/m1/s1. The summed E-state index contributed by atoms with van der Waals surface area (Å²) in [5.41, 5.74) is 2.26. The molecule has 1 saturated heterocycles. The van der Waals surface area contributed by atoms with E-state index in [9.17, 15) is 18.0 Å². The molecule has 2 atom stereocenters. The number of benzene rings is 3. The zero-order valence-corrected chi connectivity index (χ0v) is 21.5. The fourth-order valence-electron chi connectivity index (χ4n) is 5.16. The van der Waals surface area contributed by atoms with Gasteiger partial charge in [-0.05, 0) is 71.5 Å². The van der Waals surface area contributed by atoms with Crippen LogP contribution in [0.3, 0.4) is 0 Å². The van der Waals surface area contributed by atoms with Crippen molar-refractivity contribution in [2.75, 3.05) is 33.3 Å². The van der Waals surface area contributed by atoms with Crippen molar-refractivity contribution in [3.8, 4) is 5.75 Å². The maximum Gasteiger partial charge on any atom is 0.253 e. The Labute approximate surface area is 216 Å². The number of halogens is 3. The van der Waals surface area contributed by atoms with Crippen molar-refractivity contribution in [1.82, 2.24) is 9.80 Å². The molecule has 4 rings (SSSR count). The van der Waals surface area contributed by atoms with E-state index in [0.717, 1.165) is 17.4 Å². The van der Waals surface area contributed by atoms with Crippen LogP contribution in [0.4, 0.5) is 13.2 Å². The van der Waals surface area contributed by atoms with Crippen LogP contribution in [0, 0.1) is 29.3 Å². The predicted octanol–water partition coefficient (Wildman–Crippen LogP) is 6.13. The van der Waals surface area contributed by atoms with Crippen LogP contribution in [-0.4, -0.2) is 49.0 Å². The van der Waals surface area contributed by atoms with Crippen LogP contribution in [-0.2, 0) is 6.54 Å². The van der Waals surface area contributed by atoms with E-state index in [1.54, 1.807) is 13.2 Å². The molecule has 0 aromatic heterocycles. The minimum absolute atomic E-state index is 0.0977. The Morgan fingerprint density at radius 1 is 1.00 bits per heavy atom. The van der Waals surface area contributed by atoms with E-state index < -0.39 is 11.6 Å². The lowest BCUT2D eigenvalue weighted by Gasteiger charge is -2.30. The van der Waals surface area contributed by atoms with Crippen LogP contribution < -0.4 is 4.74 Å². The Morgan fingerprint density at radius 3 is 2.43 bits per heavy atom. The molecule has 1 aliphatic rings. The predicted molar refractivity (Wildman–Crippen MR) is 138 cm³/mol. The molecule has 196 valence electrons. The first kappa shape index (κ1) is 26.7. The quantitative estimate of drug-likeness (QED) is 0.347. The number of amides is 1. The van der Waals surface area contributed by atoms with E-state index in [2.05, 4.69) is 24.8 Å². The molecule has 3 aromatic carbocycles. The Hall–Kier alpha value is -3.32. The van der Waals surface area contributed by atoms with Gasteiger partial charge in [-0.25, -0.2) is 13.2 Å². The Bertz CT molecular complexity index is 1220. The molecule has 0 bridgehead atoms. The lowest BCUT2D eigenvalue weighted by molar-refractivity contribution is 0.0703. The van der Waals surface area contributed by atoms with Crippen LogP contribution in [0.2, 0.25) is 0 Å². The topological polar surface area (TPSA) is 32.8 Å². The van der Waals surface area contributed by atoms with Gasteiger partial charge in [-0.2, -0.15) is 0 Å². The highest BCUT2D eigenvalue weighted by atomic mass is 19.2. The Kier molecular flexibility index (Phi) is 8.54. The largest absolute Gasteiger partial charge is 0.497 e. The summed E-state index contributed by atoms with van der Waals surface area (Å²) in [5.74, 6) is -1.01. The van der Waals surface area contributed by atoms with Crippen LogP contribution >= 0.6 is 0 Å². The van der Waals surface area contributed by atoms with E-state index in [0.29, 0.717) is 43.9 Å². The van der Waals surface area contributed by atoms with E-state index in [4.69, 9.17) is 4.74 Å². The number of rotatable bonds is 9. The number of likely N-dealkylation sites (tertiary alicyclic amines) is 1. The van der Waals surface area contributed by atoms with Crippen LogP contribution in [0.15, 0.2) is 66.7 Å². The smallest absolute Gasteiger partial charge is 0.253 e. The molecule has 0 aliphatic carbocycles. The summed E-state index contributed by atoms with van der Waals surface area (Å²) in [7, 11) is 1.63. The second kappa shape index (κ2) is 11.8. The third-order valence-electron chi connectivity index (χ3n) is 6.85. The van der Waals surface area contributed by atoms with Gasteiger partial charge in [-0.3, -0.25) is 9.69 Å². The first-order chi connectivity index (χ1) is 17.7. The van der Waals surface area contributed by atoms with Gasteiger partial charge in [0.25, 0.3) is 5.91 Å². The SMILES string of the molecule is COc1cccc([C@H]2CN(Cc3ccc(F)c(F)c3)C[C@@H]2CN(CC(C)C)C(=O)c2ccc(F)cc2)c1.